The first kappa shape index (κ1) is 14.7. The van der Waals surface area contributed by atoms with Crippen molar-refractivity contribution in [2.45, 2.75) is 20.4 Å². The van der Waals surface area contributed by atoms with Gasteiger partial charge in [0, 0.05) is 18.4 Å². The lowest BCUT2D eigenvalue weighted by molar-refractivity contribution is 0.0749. The van der Waals surface area contributed by atoms with Gasteiger partial charge in [-0.25, -0.2) is 4.98 Å². The van der Waals surface area contributed by atoms with Crippen molar-refractivity contribution in [1.82, 2.24) is 14.9 Å². The first-order valence-corrected chi connectivity index (χ1v) is 7.23. The summed E-state index contributed by atoms with van der Waals surface area (Å²) in [6.45, 7) is 5.02. The average molecular weight is 334 g/mol. The van der Waals surface area contributed by atoms with E-state index in [9.17, 15) is 4.79 Å². The number of carbonyl (C=O) groups is 1. The predicted octanol–water partition coefficient (Wildman–Crippen LogP) is 3.21. The minimum atomic E-state index is -0.0456. The Morgan fingerprint density at radius 3 is 2.75 bits per heavy atom. The van der Waals surface area contributed by atoms with E-state index < -0.39 is 0 Å². The Balaban J connectivity index is 2.20. The normalized spacial score (nSPS) is 10.3. The molecule has 2 rings (SSSR count). The molecule has 0 spiro atoms. The summed E-state index contributed by atoms with van der Waals surface area (Å²) in [6.07, 6.45) is 1.65. The Labute approximate surface area is 127 Å². The van der Waals surface area contributed by atoms with E-state index in [0.717, 1.165) is 11.4 Å². The van der Waals surface area contributed by atoms with Gasteiger partial charge in [0.2, 0.25) is 0 Å². The summed E-state index contributed by atoms with van der Waals surface area (Å²) >= 11 is 3.32. The van der Waals surface area contributed by atoms with Gasteiger partial charge in [0.25, 0.3) is 5.91 Å². The zero-order valence-electron chi connectivity index (χ0n) is 11.5. The highest BCUT2D eigenvalue weighted by molar-refractivity contribution is 9.10. The Hall–Kier alpha value is -1.75. The number of hydrogen-bond acceptors (Lipinski definition) is 3. The van der Waals surface area contributed by atoms with Crippen LogP contribution in [-0.2, 0) is 6.54 Å². The lowest BCUT2D eigenvalue weighted by atomic mass is 10.2. The van der Waals surface area contributed by atoms with Crippen molar-refractivity contribution in [3.63, 3.8) is 0 Å². The molecule has 0 saturated carbocycles. The van der Waals surface area contributed by atoms with Crippen LogP contribution in [0.4, 0.5) is 0 Å². The first-order chi connectivity index (χ1) is 9.61. The van der Waals surface area contributed by atoms with Gasteiger partial charge >= 0.3 is 0 Å². The second-order valence-electron chi connectivity index (χ2n) is 4.43. The monoisotopic (exact) mass is 333 g/mol. The molecule has 2 aromatic rings. The fraction of sp³-hybridized carbons (Fsp3) is 0.267. The fourth-order valence-corrected chi connectivity index (χ4v) is 2.35. The van der Waals surface area contributed by atoms with E-state index in [2.05, 4.69) is 25.9 Å². The minimum absolute atomic E-state index is 0.0456. The molecule has 0 unspecified atom stereocenters. The Bertz CT molecular complexity index is 616. The molecule has 5 heteroatoms. The van der Waals surface area contributed by atoms with Crippen molar-refractivity contribution in [2.24, 2.45) is 0 Å². The third-order valence-corrected chi connectivity index (χ3v) is 3.59. The molecule has 0 aliphatic heterocycles. The molecule has 0 N–H and O–H groups in total. The van der Waals surface area contributed by atoms with E-state index in [-0.39, 0.29) is 5.91 Å². The van der Waals surface area contributed by atoms with Crippen molar-refractivity contribution in [2.75, 3.05) is 6.54 Å². The molecule has 2 aromatic heterocycles. The van der Waals surface area contributed by atoms with Crippen molar-refractivity contribution >= 4 is 21.8 Å². The van der Waals surface area contributed by atoms with Gasteiger partial charge in [-0.1, -0.05) is 6.07 Å². The highest BCUT2D eigenvalue weighted by Crippen LogP contribution is 2.16. The van der Waals surface area contributed by atoms with Crippen LogP contribution >= 0.6 is 15.9 Å². The molecular weight excluding hydrogens is 318 g/mol. The number of aromatic nitrogens is 2. The maximum atomic E-state index is 12.5. The SMILES string of the molecule is CCN(Cc1cccc(C)n1)C(=O)c1cccnc1Br. The lowest BCUT2D eigenvalue weighted by Gasteiger charge is -2.21. The van der Waals surface area contributed by atoms with Crippen LogP contribution in [0.5, 0.6) is 0 Å². The number of pyridine rings is 2. The summed E-state index contributed by atoms with van der Waals surface area (Å²) in [5.41, 5.74) is 2.41. The molecule has 1 amide bonds. The molecule has 0 aromatic carbocycles. The van der Waals surface area contributed by atoms with Crippen LogP contribution < -0.4 is 0 Å². The molecule has 104 valence electrons. The predicted molar refractivity (Wildman–Crippen MR) is 81.3 cm³/mol. The molecule has 4 nitrogen and oxygen atoms in total. The van der Waals surface area contributed by atoms with Crippen LogP contribution in [0.15, 0.2) is 41.1 Å². The molecule has 0 saturated heterocycles. The third kappa shape index (κ3) is 3.42. The lowest BCUT2D eigenvalue weighted by Crippen LogP contribution is -2.31. The zero-order chi connectivity index (χ0) is 14.5. The summed E-state index contributed by atoms with van der Waals surface area (Å²) in [7, 11) is 0. The smallest absolute Gasteiger partial charge is 0.256 e. The van der Waals surface area contributed by atoms with Gasteiger partial charge < -0.3 is 4.90 Å². The van der Waals surface area contributed by atoms with Gasteiger partial charge in [-0.05, 0) is 54.0 Å². The van der Waals surface area contributed by atoms with Crippen LogP contribution in [0.25, 0.3) is 0 Å². The summed E-state index contributed by atoms with van der Waals surface area (Å²) in [4.78, 5) is 22.8. The molecule has 0 aliphatic carbocycles. The molecule has 0 atom stereocenters. The van der Waals surface area contributed by atoms with Crippen LogP contribution in [0.2, 0.25) is 0 Å². The van der Waals surface area contributed by atoms with Crippen LogP contribution in [0.3, 0.4) is 0 Å². The van der Waals surface area contributed by atoms with E-state index >= 15 is 0 Å². The van der Waals surface area contributed by atoms with Gasteiger partial charge in [-0.2, -0.15) is 0 Å². The number of amides is 1. The molecule has 0 radical (unpaired) electrons. The summed E-state index contributed by atoms with van der Waals surface area (Å²) in [5, 5.41) is 0. The van der Waals surface area contributed by atoms with E-state index in [0.29, 0.717) is 23.3 Å². The van der Waals surface area contributed by atoms with Crippen LogP contribution in [-0.4, -0.2) is 27.3 Å². The summed E-state index contributed by atoms with van der Waals surface area (Å²) in [5.74, 6) is -0.0456. The zero-order valence-corrected chi connectivity index (χ0v) is 13.1. The van der Waals surface area contributed by atoms with Gasteiger partial charge in [0.1, 0.15) is 4.60 Å². The van der Waals surface area contributed by atoms with Crippen molar-refractivity contribution in [1.29, 1.82) is 0 Å². The Morgan fingerprint density at radius 2 is 2.10 bits per heavy atom. The number of carbonyl (C=O) groups excluding carboxylic acids is 1. The van der Waals surface area contributed by atoms with E-state index in [4.69, 9.17) is 0 Å². The number of halogens is 1. The van der Waals surface area contributed by atoms with Crippen molar-refractivity contribution in [3.8, 4) is 0 Å². The Morgan fingerprint density at radius 1 is 1.30 bits per heavy atom. The topological polar surface area (TPSA) is 46.1 Å². The highest BCUT2D eigenvalue weighted by atomic mass is 79.9. The van der Waals surface area contributed by atoms with E-state index in [1.165, 1.54) is 0 Å². The summed E-state index contributed by atoms with van der Waals surface area (Å²) in [6, 6.07) is 9.36. The van der Waals surface area contributed by atoms with Gasteiger partial charge in [0.15, 0.2) is 0 Å². The number of rotatable bonds is 4. The number of nitrogens with zero attached hydrogens (tertiary/aromatic N) is 3. The quantitative estimate of drug-likeness (QED) is 0.807. The first-order valence-electron chi connectivity index (χ1n) is 6.44. The fourth-order valence-electron chi connectivity index (χ4n) is 1.93. The molecule has 0 aliphatic rings. The largest absolute Gasteiger partial charge is 0.333 e. The standard InChI is InChI=1S/C15H16BrN3O/c1-3-19(10-12-7-4-6-11(2)18-12)15(20)13-8-5-9-17-14(13)16/h4-9H,3,10H2,1-2H3. The number of aryl methyl sites for hydroxylation is 1. The molecule has 0 bridgehead atoms. The van der Waals surface area contributed by atoms with Crippen molar-refractivity contribution < 1.29 is 4.79 Å². The van der Waals surface area contributed by atoms with E-state index in [1.807, 2.05) is 32.0 Å². The van der Waals surface area contributed by atoms with Gasteiger partial charge in [-0.15, -0.1) is 0 Å². The van der Waals surface area contributed by atoms with Crippen molar-refractivity contribution in [3.05, 3.63) is 58.1 Å². The molecule has 2 heterocycles. The van der Waals surface area contributed by atoms with Gasteiger partial charge in [0.05, 0.1) is 17.8 Å². The summed E-state index contributed by atoms with van der Waals surface area (Å²) < 4.78 is 0.570. The maximum Gasteiger partial charge on any atom is 0.256 e. The highest BCUT2D eigenvalue weighted by Gasteiger charge is 2.17. The van der Waals surface area contributed by atoms with Crippen LogP contribution in [0, 0.1) is 6.92 Å². The van der Waals surface area contributed by atoms with Gasteiger partial charge in [-0.3, -0.25) is 9.78 Å². The minimum Gasteiger partial charge on any atom is -0.333 e. The number of hydrogen-bond donors (Lipinski definition) is 0. The molecular formula is C15H16BrN3O. The maximum absolute atomic E-state index is 12.5. The third-order valence-electron chi connectivity index (χ3n) is 2.96. The second kappa shape index (κ2) is 6.61. The second-order valence-corrected chi connectivity index (χ2v) is 5.18. The average Bonchev–Trinajstić information content (AvgIpc) is 2.44. The van der Waals surface area contributed by atoms with E-state index in [1.54, 1.807) is 23.2 Å². The Kier molecular flexibility index (Phi) is 4.84. The molecule has 0 fully saturated rings. The molecule has 20 heavy (non-hydrogen) atoms. The van der Waals surface area contributed by atoms with Crippen LogP contribution in [0.1, 0.15) is 28.7 Å².